The van der Waals surface area contributed by atoms with Crippen LogP contribution < -0.4 is 0 Å². The number of furan rings is 1. The van der Waals surface area contributed by atoms with E-state index in [1.165, 1.54) is 25.9 Å². The molecule has 0 N–H and O–H groups in total. The van der Waals surface area contributed by atoms with Gasteiger partial charge in [0.15, 0.2) is 0 Å². The summed E-state index contributed by atoms with van der Waals surface area (Å²) in [6, 6.07) is 3.68. The minimum Gasteiger partial charge on any atom is -0.503 e. The first-order valence-corrected chi connectivity index (χ1v) is 3.04. The van der Waals surface area contributed by atoms with Gasteiger partial charge >= 0.3 is 0 Å². The van der Waals surface area contributed by atoms with Gasteiger partial charge in [0.1, 0.15) is 12.3 Å². The van der Waals surface area contributed by atoms with E-state index in [0.717, 1.165) is 5.56 Å². The van der Waals surface area contributed by atoms with Crippen LogP contribution in [0.25, 0.3) is 5.57 Å². The highest BCUT2D eigenvalue weighted by molar-refractivity contribution is 5.75. The number of hydrogen-bond donors (Lipinski definition) is 0. The Balaban J connectivity index is 2.91. The van der Waals surface area contributed by atoms with Gasteiger partial charge in [0.2, 0.25) is 0 Å². The Bertz CT molecular complexity index is 280. The highest BCUT2D eigenvalue weighted by Gasteiger charge is 2.00. The molecule has 0 bridgehead atoms. The molecule has 0 spiro atoms. The van der Waals surface area contributed by atoms with Crippen molar-refractivity contribution >= 4 is 5.57 Å². The summed E-state index contributed by atoms with van der Waals surface area (Å²) < 4.78 is 9.49. The van der Waals surface area contributed by atoms with Crippen LogP contribution >= 0.6 is 0 Å². The second-order valence-corrected chi connectivity index (χ2v) is 1.89. The lowest BCUT2D eigenvalue weighted by Crippen LogP contribution is -1.77. The fraction of sp³-hybridized carbons (Fsp3) is 0.125. The summed E-state index contributed by atoms with van der Waals surface area (Å²) in [6.45, 7) is 0. The highest BCUT2D eigenvalue weighted by atomic mass is 16.5. The van der Waals surface area contributed by atoms with Crippen molar-refractivity contribution in [3.05, 3.63) is 30.4 Å². The molecule has 3 heteroatoms. The molecule has 0 aliphatic rings. The first-order chi connectivity index (χ1) is 5.38. The summed E-state index contributed by atoms with van der Waals surface area (Å²) >= 11 is 0. The molecule has 0 aromatic carbocycles. The van der Waals surface area contributed by atoms with E-state index in [9.17, 15) is 0 Å². The third-order valence-electron chi connectivity index (χ3n) is 1.19. The van der Waals surface area contributed by atoms with Crippen LogP contribution in [0, 0.1) is 11.3 Å². The molecule has 0 aliphatic heterocycles. The molecule has 1 aromatic rings. The predicted octanol–water partition coefficient (Wildman–Crippen LogP) is 1.79. The molecule has 0 radical (unpaired) electrons. The maximum atomic E-state index is 8.59. The molecule has 56 valence electrons. The van der Waals surface area contributed by atoms with E-state index >= 15 is 0 Å². The fourth-order valence-corrected chi connectivity index (χ4v) is 0.695. The standard InChI is InChI=1S/C8H7NO2/c1-10-5-8(4-9)7-2-3-11-6-7/h2-3,5-6H,1H3/b8-5-. The van der Waals surface area contributed by atoms with Crippen LogP contribution in [0.3, 0.4) is 0 Å². The molecule has 0 unspecified atom stereocenters. The smallest absolute Gasteiger partial charge is 0.103 e. The van der Waals surface area contributed by atoms with E-state index in [-0.39, 0.29) is 0 Å². The number of nitrogens with zero attached hydrogens (tertiary/aromatic N) is 1. The average molecular weight is 149 g/mol. The van der Waals surface area contributed by atoms with Crippen molar-refractivity contribution < 1.29 is 9.15 Å². The number of nitriles is 1. The lowest BCUT2D eigenvalue weighted by Gasteiger charge is -1.90. The number of methoxy groups -OCH3 is 1. The SMILES string of the molecule is CO/C=C(/C#N)c1ccoc1. The van der Waals surface area contributed by atoms with Crippen molar-refractivity contribution in [2.45, 2.75) is 0 Å². The van der Waals surface area contributed by atoms with Crippen molar-refractivity contribution in [2.24, 2.45) is 0 Å². The second-order valence-electron chi connectivity index (χ2n) is 1.89. The molecule has 0 aliphatic carbocycles. The monoisotopic (exact) mass is 149 g/mol. The Morgan fingerprint density at radius 2 is 2.64 bits per heavy atom. The van der Waals surface area contributed by atoms with Crippen molar-refractivity contribution in [3.63, 3.8) is 0 Å². The Morgan fingerprint density at radius 3 is 3.09 bits per heavy atom. The van der Waals surface area contributed by atoms with Crippen molar-refractivity contribution in [1.82, 2.24) is 0 Å². The number of rotatable bonds is 2. The molecule has 1 aromatic heterocycles. The van der Waals surface area contributed by atoms with Crippen LogP contribution in [-0.4, -0.2) is 7.11 Å². The van der Waals surface area contributed by atoms with Crippen LogP contribution in [0.5, 0.6) is 0 Å². The van der Waals surface area contributed by atoms with Gasteiger partial charge in [-0.1, -0.05) is 0 Å². The van der Waals surface area contributed by atoms with Gasteiger partial charge in [0, 0.05) is 5.56 Å². The van der Waals surface area contributed by atoms with Gasteiger partial charge in [-0.15, -0.1) is 0 Å². The van der Waals surface area contributed by atoms with Gasteiger partial charge in [0.05, 0.1) is 25.2 Å². The predicted molar refractivity (Wildman–Crippen MR) is 39.3 cm³/mol. The molecule has 0 fully saturated rings. The Morgan fingerprint density at radius 1 is 1.82 bits per heavy atom. The van der Waals surface area contributed by atoms with Gasteiger partial charge in [0.25, 0.3) is 0 Å². The zero-order valence-corrected chi connectivity index (χ0v) is 6.07. The van der Waals surface area contributed by atoms with Crippen molar-refractivity contribution in [2.75, 3.05) is 7.11 Å². The summed E-state index contributed by atoms with van der Waals surface area (Å²) in [5.41, 5.74) is 1.19. The molecule has 0 atom stereocenters. The van der Waals surface area contributed by atoms with Crippen LogP contribution in [-0.2, 0) is 4.74 Å². The molecule has 0 amide bonds. The van der Waals surface area contributed by atoms with Crippen LogP contribution in [0.2, 0.25) is 0 Å². The topological polar surface area (TPSA) is 46.2 Å². The third-order valence-corrected chi connectivity index (χ3v) is 1.19. The summed E-state index contributed by atoms with van der Waals surface area (Å²) in [6.07, 6.45) is 4.38. The second kappa shape index (κ2) is 3.47. The van der Waals surface area contributed by atoms with Gasteiger partial charge in [-0.2, -0.15) is 5.26 Å². The lowest BCUT2D eigenvalue weighted by atomic mass is 10.2. The molecular formula is C8H7NO2. The van der Waals surface area contributed by atoms with Gasteiger partial charge in [-0.3, -0.25) is 0 Å². The van der Waals surface area contributed by atoms with E-state index in [1.54, 1.807) is 6.07 Å². The quantitative estimate of drug-likeness (QED) is 0.475. The third kappa shape index (κ3) is 1.62. The van der Waals surface area contributed by atoms with Gasteiger partial charge < -0.3 is 9.15 Å². The minimum absolute atomic E-state index is 0.459. The number of allylic oxidation sites excluding steroid dienone is 1. The van der Waals surface area contributed by atoms with Crippen LogP contribution in [0.4, 0.5) is 0 Å². The summed E-state index contributed by atoms with van der Waals surface area (Å²) in [4.78, 5) is 0. The van der Waals surface area contributed by atoms with Crippen molar-refractivity contribution in [1.29, 1.82) is 5.26 Å². The van der Waals surface area contributed by atoms with E-state index in [4.69, 9.17) is 14.4 Å². The average Bonchev–Trinajstić information content (AvgIpc) is 2.52. The largest absolute Gasteiger partial charge is 0.503 e. The Hall–Kier alpha value is -1.69. The Kier molecular flexibility index (Phi) is 2.34. The summed E-state index contributed by atoms with van der Waals surface area (Å²) in [7, 11) is 1.50. The van der Waals surface area contributed by atoms with Gasteiger partial charge in [-0.05, 0) is 6.07 Å². The fourth-order valence-electron chi connectivity index (χ4n) is 0.695. The molecule has 3 nitrogen and oxygen atoms in total. The van der Waals surface area contributed by atoms with E-state index in [0.29, 0.717) is 5.57 Å². The summed E-state index contributed by atoms with van der Waals surface area (Å²) in [5, 5.41) is 8.59. The maximum Gasteiger partial charge on any atom is 0.103 e. The van der Waals surface area contributed by atoms with E-state index in [2.05, 4.69) is 0 Å². The zero-order chi connectivity index (χ0) is 8.10. The number of hydrogen-bond acceptors (Lipinski definition) is 3. The van der Waals surface area contributed by atoms with E-state index in [1.807, 2.05) is 6.07 Å². The molecule has 0 saturated carbocycles. The molecule has 0 saturated heterocycles. The van der Waals surface area contributed by atoms with Crippen molar-refractivity contribution in [3.8, 4) is 6.07 Å². The van der Waals surface area contributed by atoms with E-state index < -0.39 is 0 Å². The lowest BCUT2D eigenvalue weighted by molar-refractivity contribution is 0.340. The molecule has 1 rings (SSSR count). The maximum absolute atomic E-state index is 8.59. The molecule has 11 heavy (non-hydrogen) atoms. The Labute approximate surface area is 64.5 Å². The minimum atomic E-state index is 0.459. The zero-order valence-electron chi connectivity index (χ0n) is 6.07. The molecule has 1 heterocycles. The van der Waals surface area contributed by atoms with Crippen LogP contribution in [0.15, 0.2) is 29.3 Å². The first-order valence-electron chi connectivity index (χ1n) is 3.04. The molecular weight excluding hydrogens is 142 g/mol. The van der Waals surface area contributed by atoms with Gasteiger partial charge in [-0.25, -0.2) is 0 Å². The number of ether oxygens (including phenoxy) is 1. The first kappa shape index (κ1) is 7.42. The highest BCUT2D eigenvalue weighted by Crippen LogP contribution is 2.12. The normalized spacial score (nSPS) is 10.7. The van der Waals surface area contributed by atoms with Crippen LogP contribution in [0.1, 0.15) is 5.56 Å². The summed E-state index contributed by atoms with van der Waals surface area (Å²) in [5.74, 6) is 0.